The van der Waals surface area contributed by atoms with Crippen molar-refractivity contribution in [2.45, 2.75) is 17.9 Å². The number of esters is 1. The summed E-state index contributed by atoms with van der Waals surface area (Å²) in [7, 11) is -1.41. The second kappa shape index (κ2) is 9.63. The van der Waals surface area contributed by atoms with Gasteiger partial charge in [0.15, 0.2) is 0 Å². The summed E-state index contributed by atoms with van der Waals surface area (Å²) in [6, 6.07) is 14.0. The van der Waals surface area contributed by atoms with E-state index >= 15 is 0 Å². The van der Waals surface area contributed by atoms with E-state index in [1.807, 2.05) is 0 Å². The molecule has 0 aliphatic heterocycles. The zero-order valence-electron chi connectivity index (χ0n) is 14.9. The van der Waals surface area contributed by atoms with E-state index in [-0.39, 0.29) is 5.56 Å². The van der Waals surface area contributed by atoms with E-state index in [1.165, 1.54) is 12.3 Å². The Morgan fingerprint density at radius 3 is 2.30 bits per heavy atom. The van der Waals surface area contributed by atoms with Gasteiger partial charge in [0.25, 0.3) is 5.91 Å². The lowest BCUT2D eigenvalue weighted by atomic mass is 10.1. The number of urea groups is 1. The first-order valence-corrected chi connectivity index (χ1v) is 9.77. The summed E-state index contributed by atoms with van der Waals surface area (Å²) in [5.74, 6) is -1.59. The fourth-order valence-corrected chi connectivity index (χ4v) is 3.07. The molecule has 27 heavy (non-hydrogen) atoms. The van der Waals surface area contributed by atoms with Gasteiger partial charge in [-0.25, -0.2) is 9.59 Å². The number of carbonyl (C=O) groups excluding carboxylic acids is 3. The Labute approximate surface area is 159 Å². The van der Waals surface area contributed by atoms with E-state index in [4.69, 9.17) is 4.74 Å². The number of rotatable bonds is 6. The normalized spacial score (nSPS) is 12.5. The van der Waals surface area contributed by atoms with Crippen molar-refractivity contribution >= 4 is 28.7 Å². The van der Waals surface area contributed by atoms with Crippen LogP contribution in [-0.4, -0.2) is 34.9 Å². The van der Waals surface area contributed by atoms with Gasteiger partial charge >= 0.3 is 12.0 Å². The largest absolute Gasteiger partial charge is 0.444 e. The molecule has 7 nitrogen and oxygen atoms in total. The molecule has 0 spiro atoms. The third-order valence-corrected chi connectivity index (χ3v) is 4.53. The molecule has 2 N–H and O–H groups in total. The zero-order valence-corrected chi connectivity index (χ0v) is 15.7. The molecule has 0 saturated heterocycles. The van der Waals surface area contributed by atoms with Crippen LogP contribution in [0.3, 0.4) is 0 Å². The van der Waals surface area contributed by atoms with Gasteiger partial charge in [-0.2, -0.15) is 0 Å². The molecular weight excluding hydrogens is 368 g/mol. The van der Waals surface area contributed by atoms with Crippen LogP contribution in [0.1, 0.15) is 28.9 Å². The van der Waals surface area contributed by atoms with Gasteiger partial charge in [-0.3, -0.25) is 14.3 Å². The first-order valence-electron chi connectivity index (χ1n) is 8.21. The zero-order chi connectivity index (χ0) is 19.8. The van der Waals surface area contributed by atoms with Gasteiger partial charge in [0.2, 0.25) is 6.10 Å². The van der Waals surface area contributed by atoms with Crippen molar-refractivity contribution in [1.29, 1.82) is 0 Å². The Morgan fingerprint density at radius 2 is 1.67 bits per heavy atom. The fourth-order valence-electron chi connectivity index (χ4n) is 2.34. The number of benzene rings is 2. The van der Waals surface area contributed by atoms with Crippen LogP contribution in [0, 0.1) is 0 Å². The standard InChI is InChI=1S/C19H20N2O5S/c1-3-20-19(24)21-17(22)16(13-9-5-4-6-10-13)26-18(23)14-11-7-8-12-15(14)27(2)25/h4-12,16H,3H2,1-2H3,(H2,20,21,22,24)/t16-,27-/m0/s1. The van der Waals surface area contributed by atoms with Crippen molar-refractivity contribution in [1.82, 2.24) is 10.6 Å². The highest BCUT2D eigenvalue weighted by molar-refractivity contribution is 7.84. The monoisotopic (exact) mass is 388 g/mol. The average molecular weight is 388 g/mol. The number of hydrogen-bond donors (Lipinski definition) is 2. The van der Waals surface area contributed by atoms with Crippen LogP contribution in [0.5, 0.6) is 0 Å². The highest BCUT2D eigenvalue weighted by Crippen LogP contribution is 2.22. The smallest absolute Gasteiger partial charge is 0.340 e. The van der Waals surface area contributed by atoms with Crippen LogP contribution in [0.25, 0.3) is 0 Å². The molecule has 2 aromatic carbocycles. The average Bonchev–Trinajstić information content (AvgIpc) is 2.66. The Kier molecular flexibility index (Phi) is 7.25. The Morgan fingerprint density at radius 1 is 1.04 bits per heavy atom. The lowest BCUT2D eigenvalue weighted by molar-refractivity contribution is -0.129. The van der Waals surface area contributed by atoms with Gasteiger partial charge in [-0.15, -0.1) is 0 Å². The molecule has 0 fully saturated rings. The molecule has 0 aromatic heterocycles. The molecule has 142 valence electrons. The summed E-state index contributed by atoms with van der Waals surface area (Å²) in [4.78, 5) is 37.1. The molecular formula is C19H20N2O5S. The molecule has 0 bridgehead atoms. The lowest BCUT2D eigenvalue weighted by Gasteiger charge is -2.18. The van der Waals surface area contributed by atoms with Gasteiger partial charge < -0.3 is 10.1 Å². The molecule has 3 amide bonds. The minimum absolute atomic E-state index is 0.102. The predicted octanol–water partition coefficient (Wildman–Crippen LogP) is 2.17. The number of ether oxygens (including phenoxy) is 1. The quantitative estimate of drug-likeness (QED) is 0.739. The fraction of sp³-hybridized carbons (Fsp3) is 0.211. The summed E-state index contributed by atoms with van der Waals surface area (Å²) in [5, 5.41) is 4.59. The number of imide groups is 1. The second-order valence-electron chi connectivity index (χ2n) is 5.50. The maximum absolute atomic E-state index is 12.6. The van der Waals surface area contributed by atoms with Crippen LogP contribution < -0.4 is 10.6 Å². The van der Waals surface area contributed by atoms with E-state index < -0.39 is 34.8 Å². The molecule has 2 rings (SSSR count). The molecule has 0 aliphatic rings. The molecule has 0 aliphatic carbocycles. The molecule has 8 heteroatoms. The lowest BCUT2D eigenvalue weighted by Crippen LogP contribution is -2.42. The summed E-state index contributed by atoms with van der Waals surface area (Å²) in [6.07, 6.45) is 0.113. The molecule has 2 atom stereocenters. The maximum Gasteiger partial charge on any atom is 0.340 e. The highest BCUT2D eigenvalue weighted by Gasteiger charge is 2.28. The van der Waals surface area contributed by atoms with Crippen molar-refractivity contribution in [2.24, 2.45) is 0 Å². The van der Waals surface area contributed by atoms with Gasteiger partial charge in [0, 0.05) is 18.4 Å². The number of nitrogens with one attached hydrogen (secondary N) is 2. The van der Waals surface area contributed by atoms with Crippen molar-refractivity contribution in [2.75, 3.05) is 12.8 Å². The molecule has 2 aromatic rings. The van der Waals surface area contributed by atoms with Gasteiger partial charge in [0.1, 0.15) is 0 Å². The molecule has 0 unspecified atom stereocenters. The third-order valence-electron chi connectivity index (χ3n) is 3.56. The maximum atomic E-state index is 12.6. The second-order valence-corrected chi connectivity index (χ2v) is 6.84. The minimum atomic E-state index is -1.41. The highest BCUT2D eigenvalue weighted by atomic mass is 32.2. The summed E-state index contributed by atoms with van der Waals surface area (Å²) in [5.41, 5.74) is 0.507. The van der Waals surface area contributed by atoms with Crippen LogP contribution in [0.4, 0.5) is 4.79 Å². The number of hydrogen-bond acceptors (Lipinski definition) is 5. The summed E-state index contributed by atoms with van der Waals surface area (Å²) in [6.45, 7) is 2.05. The summed E-state index contributed by atoms with van der Waals surface area (Å²) < 4.78 is 17.2. The van der Waals surface area contributed by atoms with Crippen LogP contribution >= 0.6 is 0 Å². The predicted molar refractivity (Wildman–Crippen MR) is 101 cm³/mol. The summed E-state index contributed by atoms with van der Waals surface area (Å²) >= 11 is 0. The molecule has 0 heterocycles. The Bertz CT molecular complexity index is 854. The van der Waals surface area contributed by atoms with Gasteiger partial charge in [0.05, 0.1) is 21.3 Å². The van der Waals surface area contributed by atoms with Crippen molar-refractivity contribution in [3.8, 4) is 0 Å². The van der Waals surface area contributed by atoms with Crippen molar-refractivity contribution < 1.29 is 23.3 Å². The Hall–Kier alpha value is -3.00. The van der Waals surface area contributed by atoms with Crippen molar-refractivity contribution in [3.05, 3.63) is 65.7 Å². The van der Waals surface area contributed by atoms with E-state index in [1.54, 1.807) is 55.5 Å². The number of carbonyl (C=O) groups is 3. The van der Waals surface area contributed by atoms with Gasteiger partial charge in [-0.05, 0) is 19.1 Å². The van der Waals surface area contributed by atoms with Crippen molar-refractivity contribution in [3.63, 3.8) is 0 Å². The van der Waals surface area contributed by atoms with Crippen LogP contribution in [0.15, 0.2) is 59.5 Å². The van der Waals surface area contributed by atoms with Crippen LogP contribution in [0.2, 0.25) is 0 Å². The Balaban J connectivity index is 2.30. The van der Waals surface area contributed by atoms with Crippen LogP contribution in [-0.2, 0) is 20.3 Å². The molecule has 0 saturated carbocycles. The first kappa shape index (κ1) is 20.3. The topological polar surface area (TPSA) is 102 Å². The third kappa shape index (κ3) is 5.49. The van der Waals surface area contributed by atoms with E-state index in [0.717, 1.165) is 0 Å². The van der Waals surface area contributed by atoms with E-state index in [2.05, 4.69) is 10.6 Å². The minimum Gasteiger partial charge on any atom is -0.444 e. The first-order chi connectivity index (χ1) is 12.9. The SMILES string of the molecule is CCNC(=O)NC(=O)[C@@H](OC(=O)c1ccccc1[S@](C)=O)c1ccccc1. The molecule has 0 radical (unpaired) electrons. The van der Waals surface area contributed by atoms with E-state index in [0.29, 0.717) is 17.0 Å². The van der Waals surface area contributed by atoms with Gasteiger partial charge in [-0.1, -0.05) is 42.5 Å². The van der Waals surface area contributed by atoms with E-state index in [9.17, 15) is 18.6 Å². The number of amides is 3.